The second-order valence-corrected chi connectivity index (χ2v) is 6.94. The molecule has 6 heteroatoms. The third-order valence-corrected chi connectivity index (χ3v) is 4.92. The number of amides is 3. The monoisotopic (exact) mass is 364 g/mol. The number of benzene rings is 2. The first kappa shape index (κ1) is 17.4. The Balaban J connectivity index is 1.54. The van der Waals surface area contributed by atoms with Gasteiger partial charge in [0.15, 0.2) is 0 Å². The molecule has 6 nitrogen and oxygen atoms in total. The number of carbonyl (C=O) groups is 3. The van der Waals surface area contributed by atoms with E-state index < -0.39 is 0 Å². The van der Waals surface area contributed by atoms with Crippen molar-refractivity contribution in [1.82, 2.24) is 4.90 Å². The molecule has 2 aliphatic heterocycles. The van der Waals surface area contributed by atoms with Crippen LogP contribution in [0.1, 0.15) is 49.5 Å². The minimum Gasteiger partial charge on any atom is -0.376 e. The first-order valence-corrected chi connectivity index (χ1v) is 9.03. The van der Waals surface area contributed by atoms with Crippen LogP contribution < -0.4 is 5.32 Å². The SMILES string of the molecule is Cc1cccc(NC(=O)c2ccc3c(c2)C(=O)N(CC2CCCO2)C3=O)c1. The lowest BCUT2D eigenvalue weighted by Crippen LogP contribution is -2.36. The summed E-state index contributed by atoms with van der Waals surface area (Å²) in [6.07, 6.45) is 1.69. The topological polar surface area (TPSA) is 75.7 Å². The van der Waals surface area contributed by atoms with Crippen LogP contribution in [0.2, 0.25) is 0 Å². The van der Waals surface area contributed by atoms with Crippen LogP contribution in [-0.2, 0) is 4.74 Å². The molecule has 27 heavy (non-hydrogen) atoms. The largest absolute Gasteiger partial charge is 0.376 e. The van der Waals surface area contributed by atoms with Gasteiger partial charge >= 0.3 is 0 Å². The van der Waals surface area contributed by atoms with Gasteiger partial charge in [-0.2, -0.15) is 0 Å². The third kappa shape index (κ3) is 3.36. The Morgan fingerprint density at radius 1 is 1.15 bits per heavy atom. The summed E-state index contributed by atoms with van der Waals surface area (Å²) in [5.41, 5.74) is 2.67. The molecule has 1 N–H and O–H groups in total. The molecular weight excluding hydrogens is 344 g/mol. The zero-order valence-corrected chi connectivity index (χ0v) is 15.0. The highest BCUT2D eigenvalue weighted by molar-refractivity contribution is 6.22. The Hall–Kier alpha value is -2.99. The standard InChI is InChI=1S/C21H20N2O4/c1-13-4-2-5-15(10-13)22-19(24)14-7-8-17-18(11-14)21(26)23(20(17)25)12-16-6-3-9-27-16/h2,4-5,7-8,10-11,16H,3,6,9,12H2,1H3,(H,22,24). The molecule has 0 saturated carbocycles. The van der Waals surface area contributed by atoms with Gasteiger partial charge in [-0.25, -0.2) is 0 Å². The number of rotatable bonds is 4. The average molecular weight is 364 g/mol. The van der Waals surface area contributed by atoms with Crippen LogP contribution in [0.3, 0.4) is 0 Å². The molecule has 1 saturated heterocycles. The fourth-order valence-corrected chi connectivity index (χ4v) is 3.52. The summed E-state index contributed by atoms with van der Waals surface area (Å²) in [6.45, 7) is 2.87. The van der Waals surface area contributed by atoms with E-state index in [0.717, 1.165) is 18.4 Å². The van der Waals surface area contributed by atoms with E-state index in [-0.39, 0.29) is 35.9 Å². The van der Waals surface area contributed by atoms with E-state index >= 15 is 0 Å². The first-order valence-electron chi connectivity index (χ1n) is 9.03. The fraction of sp³-hybridized carbons (Fsp3) is 0.286. The van der Waals surface area contributed by atoms with E-state index in [0.29, 0.717) is 23.4 Å². The molecule has 2 heterocycles. The number of nitrogens with one attached hydrogen (secondary N) is 1. The van der Waals surface area contributed by atoms with Crippen LogP contribution >= 0.6 is 0 Å². The van der Waals surface area contributed by atoms with Gasteiger partial charge in [0.25, 0.3) is 17.7 Å². The van der Waals surface area contributed by atoms with Crippen LogP contribution in [0, 0.1) is 6.92 Å². The van der Waals surface area contributed by atoms with Crippen molar-refractivity contribution >= 4 is 23.4 Å². The van der Waals surface area contributed by atoms with Crippen molar-refractivity contribution in [3.05, 3.63) is 64.7 Å². The highest BCUT2D eigenvalue weighted by Crippen LogP contribution is 2.26. The van der Waals surface area contributed by atoms with Gasteiger partial charge in [0, 0.05) is 17.9 Å². The van der Waals surface area contributed by atoms with E-state index in [9.17, 15) is 14.4 Å². The van der Waals surface area contributed by atoms with Crippen LogP contribution in [0.15, 0.2) is 42.5 Å². The molecule has 0 spiro atoms. The number of hydrogen-bond acceptors (Lipinski definition) is 4. The molecule has 138 valence electrons. The lowest BCUT2D eigenvalue weighted by molar-refractivity contribution is 0.0475. The van der Waals surface area contributed by atoms with E-state index in [1.54, 1.807) is 18.2 Å². The summed E-state index contributed by atoms with van der Waals surface area (Å²) in [7, 11) is 0. The van der Waals surface area contributed by atoms with Crippen molar-refractivity contribution in [3.8, 4) is 0 Å². The molecular formula is C21H20N2O4. The molecule has 0 aliphatic carbocycles. The second kappa shape index (κ2) is 6.96. The van der Waals surface area contributed by atoms with Crippen LogP contribution in [0.4, 0.5) is 5.69 Å². The quantitative estimate of drug-likeness (QED) is 0.846. The maximum Gasteiger partial charge on any atom is 0.261 e. The summed E-state index contributed by atoms with van der Waals surface area (Å²) < 4.78 is 5.54. The Bertz CT molecular complexity index is 932. The summed E-state index contributed by atoms with van der Waals surface area (Å²) in [5.74, 6) is -1.01. The van der Waals surface area contributed by atoms with Crippen LogP contribution in [0.25, 0.3) is 0 Å². The Morgan fingerprint density at radius 2 is 1.96 bits per heavy atom. The summed E-state index contributed by atoms with van der Waals surface area (Å²) in [5, 5.41) is 2.82. The van der Waals surface area contributed by atoms with Gasteiger partial charge in [-0.3, -0.25) is 19.3 Å². The molecule has 2 aliphatic rings. The number of fused-ring (bicyclic) bond motifs is 1. The lowest BCUT2D eigenvalue weighted by Gasteiger charge is -2.17. The highest BCUT2D eigenvalue weighted by Gasteiger charge is 2.37. The van der Waals surface area contributed by atoms with E-state index in [1.807, 2.05) is 25.1 Å². The van der Waals surface area contributed by atoms with Gasteiger partial charge in [0.2, 0.25) is 0 Å². The van der Waals surface area contributed by atoms with Crippen molar-refractivity contribution in [2.45, 2.75) is 25.9 Å². The van der Waals surface area contributed by atoms with Gasteiger partial charge in [-0.1, -0.05) is 12.1 Å². The summed E-state index contributed by atoms with van der Waals surface area (Å²) in [6, 6.07) is 12.1. The molecule has 0 bridgehead atoms. The molecule has 0 aromatic heterocycles. The van der Waals surface area contributed by atoms with E-state index in [1.165, 1.54) is 11.0 Å². The Labute approximate surface area is 157 Å². The van der Waals surface area contributed by atoms with Crippen molar-refractivity contribution in [3.63, 3.8) is 0 Å². The average Bonchev–Trinajstić information content (AvgIpc) is 3.25. The smallest absolute Gasteiger partial charge is 0.261 e. The second-order valence-electron chi connectivity index (χ2n) is 6.94. The maximum absolute atomic E-state index is 12.7. The minimum absolute atomic E-state index is 0.101. The number of hydrogen-bond donors (Lipinski definition) is 1. The molecule has 3 amide bonds. The Kier molecular flexibility index (Phi) is 4.49. The lowest BCUT2D eigenvalue weighted by atomic mass is 10.1. The van der Waals surface area contributed by atoms with Gasteiger partial charge < -0.3 is 10.1 Å². The Morgan fingerprint density at radius 3 is 2.70 bits per heavy atom. The van der Waals surface area contributed by atoms with Gasteiger partial charge in [0.05, 0.1) is 23.8 Å². The number of aryl methyl sites for hydroxylation is 1. The van der Waals surface area contributed by atoms with E-state index in [4.69, 9.17) is 4.74 Å². The normalized spacial score (nSPS) is 18.7. The minimum atomic E-state index is -0.365. The van der Waals surface area contributed by atoms with Gasteiger partial charge in [-0.05, 0) is 55.7 Å². The predicted octanol–water partition coefficient (Wildman–Crippen LogP) is 3.02. The summed E-state index contributed by atoms with van der Waals surface area (Å²) >= 11 is 0. The van der Waals surface area contributed by atoms with Crippen molar-refractivity contribution in [2.24, 2.45) is 0 Å². The van der Waals surface area contributed by atoms with Crippen molar-refractivity contribution < 1.29 is 19.1 Å². The van der Waals surface area contributed by atoms with Gasteiger partial charge in [0.1, 0.15) is 0 Å². The summed E-state index contributed by atoms with van der Waals surface area (Å²) in [4.78, 5) is 39.0. The number of carbonyl (C=O) groups excluding carboxylic acids is 3. The molecule has 1 unspecified atom stereocenters. The van der Waals surface area contributed by atoms with Crippen LogP contribution in [-0.4, -0.2) is 41.9 Å². The third-order valence-electron chi connectivity index (χ3n) is 4.92. The zero-order chi connectivity index (χ0) is 19.0. The number of ether oxygens (including phenoxy) is 1. The molecule has 0 radical (unpaired) electrons. The predicted molar refractivity (Wildman–Crippen MR) is 99.9 cm³/mol. The number of anilines is 1. The number of imide groups is 1. The van der Waals surface area contributed by atoms with Crippen LogP contribution in [0.5, 0.6) is 0 Å². The first-order chi connectivity index (χ1) is 13.0. The molecule has 2 aromatic rings. The molecule has 2 aromatic carbocycles. The molecule has 4 rings (SSSR count). The van der Waals surface area contributed by atoms with Gasteiger partial charge in [-0.15, -0.1) is 0 Å². The molecule has 1 atom stereocenters. The fourth-order valence-electron chi connectivity index (χ4n) is 3.52. The van der Waals surface area contributed by atoms with E-state index in [2.05, 4.69) is 5.32 Å². The molecule has 1 fully saturated rings. The zero-order valence-electron chi connectivity index (χ0n) is 15.0. The van der Waals surface area contributed by atoms with Crippen molar-refractivity contribution in [1.29, 1.82) is 0 Å². The maximum atomic E-state index is 12.7. The number of nitrogens with zero attached hydrogens (tertiary/aromatic N) is 1. The van der Waals surface area contributed by atoms with Crippen molar-refractivity contribution in [2.75, 3.05) is 18.5 Å². The highest BCUT2D eigenvalue weighted by atomic mass is 16.5.